The number of rotatable bonds is 3. The predicted octanol–water partition coefficient (Wildman–Crippen LogP) is 1.35. The molecule has 1 atom stereocenters. The third-order valence-corrected chi connectivity index (χ3v) is 3.15. The smallest absolute Gasteiger partial charge is 0.323 e. The zero-order valence-corrected chi connectivity index (χ0v) is 11.8. The third-order valence-electron chi connectivity index (χ3n) is 3.15. The van der Waals surface area contributed by atoms with Crippen LogP contribution in [0.5, 0.6) is 0 Å². The second-order valence-electron chi connectivity index (χ2n) is 5.68. The average Bonchev–Trinajstić information content (AvgIpc) is 2.26. The standard InChI is InChI=1S/C13H26N2O2/c1-6-14-7-9-15(10-8-14)11(2)12(16)17-13(3,4)5/h11H,6-10H2,1-5H3. The van der Waals surface area contributed by atoms with Crippen molar-refractivity contribution in [2.24, 2.45) is 0 Å². The number of ether oxygens (including phenoxy) is 1. The van der Waals surface area contributed by atoms with Crippen molar-refractivity contribution in [2.45, 2.75) is 46.3 Å². The highest BCUT2D eigenvalue weighted by atomic mass is 16.6. The van der Waals surface area contributed by atoms with Gasteiger partial charge in [0.25, 0.3) is 0 Å². The SMILES string of the molecule is CCN1CCN(C(C)C(=O)OC(C)(C)C)CC1. The lowest BCUT2D eigenvalue weighted by Gasteiger charge is -2.37. The summed E-state index contributed by atoms with van der Waals surface area (Å²) in [5.41, 5.74) is -0.392. The first kappa shape index (κ1) is 14.5. The highest BCUT2D eigenvalue weighted by Crippen LogP contribution is 2.12. The van der Waals surface area contributed by atoms with E-state index in [0.717, 1.165) is 32.7 Å². The maximum atomic E-state index is 11.9. The molecule has 0 aromatic carbocycles. The molecule has 1 fully saturated rings. The lowest BCUT2D eigenvalue weighted by Crippen LogP contribution is -2.52. The van der Waals surface area contributed by atoms with Crippen molar-refractivity contribution in [3.8, 4) is 0 Å². The van der Waals surface area contributed by atoms with E-state index in [-0.39, 0.29) is 12.0 Å². The maximum absolute atomic E-state index is 11.9. The van der Waals surface area contributed by atoms with Crippen molar-refractivity contribution in [1.29, 1.82) is 0 Å². The van der Waals surface area contributed by atoms with Gasteiger partial charge in [0.1, 0.15) is 11.6 Å². The Bertz CT molecular complexity index is 253. The lowest BCUT2D eigenvalue weighted by atomic mass is 10.2. The van der Waals surface area contributed by atoms with E-state index < -0.39 is 5.60 Å². The fraction of sp³-hybridized carbons (Fsp3) is 0.923. The Balaban J connectivity index is 2.43. The normalized spacial score (nSPS) is 21.2. The van der Waals surface area contributed by atoms with Crippen LogP contribution in [0.2, 0.25) is 0 Å². The second kappa shape index (κ2) is 5.83. The topological polar surface area (TPSA) is 32.8 Å². The molecule has 0 amide bonds. The summed E-state index contributed by atoms with van der Waals surface area (Å²) < 4.78 is 5.41. The Labute approximate surface area is 105 Å². The van der Waals surface area contributed by atoms with Crippen molar-refractivity contribution in [3.05, 3.63) is 0 Å². The van der Waals surface area contributed by atoms with Crippen LogP contribution in [0, 0.1) is 0 Å². The Morgan fingerprint density at radius 3 is 2.18 bits per heavy atom. The molecule has 1 heterocycles. The Hall–Kier alpha value is -0.610. The molecule has 100 valence electrons. The zero-order valence-electron chi connectivity index (χ0n) is 11.8. The molecule has 1 unspecified atom stereocenters. The quantitative estimate of drug-likeness (QED) is 0.700. The first-order chi connectivity index (χ1) is 7.83. The minimum atomic E-state index is -0.392. The summed E-state index contributed by atoms with van der Waals surface area (Å²) in [7, 11) is 0. The van der Waals surface area contributed by atoms with E-state index in [1.165, 1.54) is 0 Å². The number of piperazine rings is 1. The average molecular weight is 242 g/mol. The van der Waals surface area contributed by atoms with Gasteiger partial charge in [-0.3, -0.25) is 9.69 Å². The molecule has 0 aromatic heterocycles. The van der Waals surface area contributed by atoms with Crippen LogP contribution >= 0.6 is 0 Å². The van der Waals surface area contributed by atoms with Gasteiger partial charge >= 0.3 is 5.97 Å². The van der Waals surface area contributed by atoms with Gasteiger partial charge in [-0.05, 0) is 34.2 Å². The van der Waals surface area contributed by atoms with Gasteiger partial charge in [-0.25, -0.2) is 0 Å². The van der Waals surface area contributed by atoms with Crippen LogP contribution in [0.15, 0.2) is 0 Å². The van der Waals surface area contributed by atoms with E-state index in [9.17, 15) is 4.79 Å². The van der Waals surface area contributed by atoms with Crippen LogP contribution in [0.1, 0.15) is 34.6 Å². The first-order valence-corrected chi connectivity index (χ1v) is 6.52. The van der Waals surface area contributed by atoms with Crippen LogP contribution < -0.4 is 0 Å². The summed E-state index contributed by atoms with van der Waals surface area (Å²) in [6.07, 6.45) is 0. The van der Waals surface area contributed by atoms with Gasteiger partial charge in [-0.15, -0.1) is 0 Å². The first-order valence-electron chi connectivity index (χ1n) is 6.52. The number of carbonyl (C=O) groups is 1. The molecule has 1 saturated heterocycles. The highest BCUT2D eigenvalue weighted by molar-refractivity contribution is 5.75. The van der Waals surface area contributed by atoms with E-state index >= 15 is 0 Å². The number of carbonyl (C=O) groups excluding carboxylic acids is 1. The molecule has 0 aromatic rings. The van der Waals surface area contributed by atoms with Crippen molar-refractivity contribution in [3.63, 3.8) is 0 Å². The largest absolute Gasteiger partial charge is 0.459 e. The van der Waals surface area contributed by atoms with E-state index in [4.69, 9.17) is 4.74 Å². The third kappa shape index (κ3) is 4.64. The summed E-state index contributed by atoms with van der Waals surface area (Å²) in [6, 6.07) is -0.131. The second-order valence-corrected chi connectivity index (χ2v) is 5.68. The number of hydrogen-bond donors (Lipinski definition) is 0. The molecule has 0 N–H and O–H groups in total. The molecule has 0 saturated carbocycles. The van der Waals surface area contributed by atoms with Crippen LogP contribution in [0.25, 0.3) is 0 Å². The zero-order chi connectivity index (χ0) is 13.1. The Morgan fingerprint density at radius 1 is 1.24 bits per heavy atom. The minimum absolute atomic E-state index is 0.109. The van der Waals surface area contributed by atoms with Crippen molar-refractivity contribution in [1.82, 2.24) is 9.80 Å². The number of nitrogens with zero attached hydrogens (tertiary/aromatic N) is 2. The summed E-state index contributed by atoms with van der Waals surface area (Å²) in [4.78, 5) is 16.5. The van der Waals surface area contributed by atoms with Gasteiger partial charge in [0, 0.05) is 26.2 Å². The van der Waals surface area contributed by atoms with Crippen LogP contribution in [0.4, 0.5) is 0 Å². The van der Waals surface area contributed by atoms with Crippen LogP contribution in [0.3, 0.4) is 0 Å². The molecule has 4 nitrogen and oxygen atoms in total. The minimum Gasteiger partial charge on any atom is -0.459 e. The fourth-order valence-electron chi connectivity index (χ4n) is 2.00. The molecule has 4 heteroatoms. The van der Waals surface area contributed by atoms with E-state index in [1.807, 2.05) is 27.7 Å². The van der Waals surface area contributed by atoms with Crippen LogP contribution in [-0.2, 0) is 9.53 Å². The number of hydrogen-bond acceptors (Lipinski definition) is 4. The van der Waals surface area contributed by atoms with E-state index in [2.05, 4.69) is 16.7 Å². The van der Waals surface area contributed by atoms with Crippen molar-refractivity contribution < 1.29 is 9.53 Å². The summed E-state index contributed by atoms with van der Waals surface area (Å²) in [5.74, 6) is -0.109. The molecular formula is C13H26N2O2. The molecule has 17 heavy (non-hydrogen) atoms. The van der Waals surface area contributed by atoms with Gasteiger partial charge in [0.05, 0.1) is 0 Å². The van der Waals surface area contributed by atoms with Gasteiger partial charge in [0.2, 0.25) is 0 Å². The van der Waals surface area contributed by atoms with E-state index in [0.29, 0.717) is 0 Å². The Morgan fingerprint density at radius 2 is 1.76 bits per heavy atom. The summed E-state index contributed by atoms with van der Waals surface area (Å²) >= 11 is 0. The predicted molar refractivity (Wildman–Crippen MR) is 69.0 cm³/mol. The lowest BCUT2D eigenvalue weighted by molar-refractivity contribution is -0.161. The van der Waals surface area contributed by atoms with E-state index in [1.54, 1.807) is 0 Å². The molecule has 0 spiro atoms. The fourth-order valence-corrected chi connectivity index (χ4v) is 2.00. The number of likely N-dealkylation sites (N-methyl/N-ethyl adjacent to an activating group) is 1. The van der Waals surface area contributed by atoms with Crippen molar-refractivity contribution >= 4 is 5.97 Å². The summed E-state index contributed by atoms with van der Waals surface area (Å²) in [5, 5.41) is 0. The summed E-state index contributed by atoms with van der Waals surface area (Å²) in [6.45, 7) is 14.9. The molecule has 0 aliphatic carbocycles. The molecule has 1 aliphatic rings. The van der Waals surface area contributed by atoms with Gasteiger partial charge in [-0.1, -0.05) is 6.92 Å². The Kier molecular flexibility index (Phi) is 4.95. The van der Waals surface area contributed by atoms with Gasteiger partial charge < -0.3 is 9.64 Å². The van der Waals surface area contributed by atoms with Crippen LogP contribution in [-0.4, -0.2) is 60.1 Å². The molecule has 0 bridgehead atoms. The van der Waals surface area contributed by atoms with Crippen molar-refractivity contribution in [2.75, 3.05) is 32.7 Å². The highest BCUT2D eigenvalue weighted by Gasteiger charge is 2.28. The van der Waals surface area contributed by atoms with Gasteiger partial charge in [-0.2, -0.15) is 0 Å². The van der Waals surface area contributed by atoms with Gasteiger partial charge in [0.15, 0.2) is 0 Å². The molecule has 0 radical (unpaired) electrons. The molecule has 1 rings (SSSR count). The molecule has 1 aliphatic heterocycles. The number of esters is 1. The molecular weight excluding hydrogens is 216 g/mol. The monoisotopic (exact) mass is 242 g/mol. The maximum Gasteiger partial charge on any atom is 0.323 e.